The number of amides is 2. The molecule has 1 aliphatic carbocycles. The molecule has 1 N–H and O–H groups in total. The van der Waals surface area contributed by atoms with Gasteiger partial charge in [-0.2, -0.15) is 0 Å². The number of methoxy groups -OCH3 is 1. The molecule has 0 unspecified atom stereocenters. The summed E-state index contributed by atoms with van der Waals surface area (Å²) < 4.78 is 20.8. The fourth-order valence-corrected chi connectivity index (χ4v) is 4.82. The molecule has 0 radical (unpaired) electrons. The first-order chi connectivity index (χ1) is 15.2. The van der Waals surface area contributed by atoms with Gasteiger partial charge in [-0.15, -0.1) is 0 Å². The zero-order valence-corrected chi connectivity index (χ0v) is 21.4. The zero-order valence-electron chi connectivity index (χ0n) is 18.6. The van der Waals surface area contributed by atoms with Crippen molar-refractivity contribution in [2.45, 2.75) is 44.5 Å². The van der Waals surface area contributed by atoms with Gasteiger partial charge in [-0.05, 0) is 31.6 Å². The summed E-state index contributed by atoms with van der Waals surface area (Å²) in [6.07, 6.45) is 2.44. The van der Waals surface area contributed by atoms with Gasteiger partial charge >= 0.3 is 29.6 Å². The number of ether oxygens (including phenoxy) is 1. The van der Waals surface area contributed by atoms with Gasteiger partial charge in [-0.25, -0.2) is 4.39 Å². The van der Waals surface area contributed by atoms with Crippen molar-refractivity contribution in [1.82, 2.24) is 14.8 Å². The number of nitrogens with one attached hydrogen (secondary N) is 1. The average molecular weight is 486 g/mol. The third-order valence-corrected chi connectivity index (χ3v) is 6.60. The van der Waals surface area contributed by atoms with Crippen molar-refractivity contribution in [3.8, 4) is 5.75 Å². The van der Waals surface area contributed by atoms with Crippen molar-refractivity contribution >= 4 is 23.4 Å². The summed E-state index contributed by atoms with van der Waals surface area (Å²) in [6.45, 7) is 2.26. The van der Waals surface area contributed by atoms with Crippen LogP contribution in [-0.4, -0.2) is 46.6 Å². The molecule has 4 rings (SSSR count). The molecule has 2 aliphatic rings. The third-order valence-electron chi connectivity index (χ3n) is 6.30. The Morgan fingerprint density at radius 1 is 1.36 bits per heavy atom. The second-order valence-corrected chi connectivity index (χ2v) is 8.52. The number of benzene rings is 1. The molecule has 2 amide bonds. The summed E-state index contributed by atoms with van der Waals surface area (Å²) in [7, 11) is 1.60. The first-order valence-corrected chi connectivity index (χ1v) is 10.6. The summed E-state index contributed by atoms with van der Waals surface area (Å²) in [5.41, 5.74) is -2.10. The van der Waals surface area contributed by atoms with Crippen molar-refractivity contribution in [1.29, 1.82) is 0 Å². The SMILES string of the molecule is CCN1C(=O)c2c([O-])c(=O)c(C(=O)NCc3cccc(Cl)c3F)cn2CC12CC(OC)C2.[Na+]. The minimum Gasteiger partial charge on any atom is -0.868 e. The van der Waals surface area contributed by atoms with Gasteiger partial charge in [0.1, 0.15) is 17.1 Å². The van der Waals surface area contributed by atoms with Crippen molar-refractivity contribution in [3.05, 3.63) is 62.3 Å². The molecular weight excluding hydrogens is 464 g/mol. The van der Waals surface area contributed by atoms with Gasteiger partial charge < -0.3 is 24.6 Å². The van der Waals surface area contributed by atoms with Gasteiger partial charge in [0.05, 0.1) is 16.7 Å². The van der Waals surface area contributed by atoms with Crippen LogP contribution in [0.15, 0.2) is 29.2 Å². The van der Waals surface area contributed by atoms with E-state index in [0.717, 1.165) is 0 Å². The third kappa shape index (κ3) is 4.33. The number of carbonyl (C=O) groups is 2. The molecule has 11 heteroatoms. The van der Waals surface area contributed by atoms with E-state index in [1.165, 1.54) is 29.0 Å². The van der Waals surface area contributed by atoms with E-state index in [1.807, 2.05) is 6.92 Å². The molecule has 1 aromatic heterocycles. The predicted molar refractivity (Wildman–Crippen MR) is 112 cm³/mol. The molecule has 1 aliphatic heterocycles. The number of hydrogen-bond donors (Lipinski definition) is 1. The zero-order chi connectivity index (χ0) is 23.2. The number of hydrogen-bond acceptors (Lipinski definition) is 5. The standard InChI is InChI=1S/C22H23ClFN3O5.Na/c1-3-27-21(31)17-19(29)18(28)14(10-26(17)11-22(27)7-13(8-22)32-2)20(30)25-9-12-5-4-6-15(23)16(12)24;/h4-6,10,13,29H,3,7-9,11H2,1-2H3,(H,25,30);/q;+1/p-1. The predicted octanol–water partition coefficient (Wildman–Crippen LogP) is -1.33. The molecule has 0 saturated heterocycles. The molecular formula is C22H22ClFN3NaO5. The molecule has 8 nitrogen and oxygen atoms in total. The van der Waals surface area contributed by atoms with E-state index in [0.29, 0.717) is 19.4 Å². The Balaban J connectivity index is 0.00000306. The molecule has 0 atom stereocenters. The number of carbonyl (C=O) groups excluding carboxylic acids is 2. The normalized spacial score (nSPS) is 21.3. The van der Waals surface area contributed by atoms with Crippen LogP contribution in [0, 0.1) is 5.82 Å². The molecule has 1 spiro atoms. The van der Waals surface area contributed by atoms with Gasteiger partial charge in [0.25, 0.3) is 11.8 Å². The van der Waals surface area contributed by atoms with E-state index in [9.17, 15) is 23.9 Å². The van der Waals surface area contributed by atoms with Crippen LogP contribution in [0.5, 0.6) is 5.75 Å². The molecule has 2 heterocycles. The maximum Gasteiger partial charge on any atom is 1.00 e. The summed E-state index contributed by atoms with van der Waals surface area (Å²) in [5.74, 6) is -3.05. The van der Waals surface area contributed by atoms with Gasteiger partial charge in [0.15, 0.2) is 5.43 Å². The van der Waals surface area contributed by atoms with E-state index >= 15 is 0 Å². The summed E-state index contributed by atoms with van der Waals surface area (Å²) in [6, 6.07) is 4.36. The van der Waals surface area contributed by atoms with Crippen LogP contribution in [0.1, 0.15) is 46.2 Å². The molecule has 1 aromatic carbocycles. The van der Waals surface area contributed by atoms with Crippen LogP contribution in [0.4, 0.5) is 4.39 Å². The van der Waals surface area contributed by atoms with E-state index < -0.39 is 39.9 Å². The molecule has 0 bridgehead atoms. The van der Waals surface area contributed by atoms with Crippen LogP contribution >= 0.6 is 11.6 Å². The monoisotopic (exact) mass is 485 g/mol. The summed E-state index contributed by atoms with van der Waals surface area (Å²) in [4.78, 5) is 40.0. The van der Waals surface area contributed by atoms with Crippen molar-refractivity contribution in [3.63, 3.8) is 0 Å². The van der Waals surface area contributed by atoms with Crippen LogP contribution in [0.3, 0.4) is 0 Å². The van der Waals surface area contributed by atoms with E-state index in [1.54, 1.807) is 12.0 Å². The number of halogens is 2. The number of fused-ring (bicyclic) bond motifs is 1. The topological polar surface area (TPSA) is 104 Å². The van der Waals surface area contributed by atoms with Crippen molar-refractivity contribution < 1.29 is 53.4 Å². The maximum atomic E-state index is 14.1. The van der Waals surface area contributed by atoms with Crippen molar-refractivity contribution in [2.24, 2.45) is 0 Å². The average Bonchev–Trinajstić information content (AvgIpc) is 2.74. The fraction of sp³-hybridized carbons (Fsp3) is 0.409. The minimum atomic E-state index is -1.07. The Bertz CT molecular complexity index is 1170. The fourth-order valence-electron chi connectivity index (χ4n) is 4.63. The minimum absolute atomic E-state index is 0. The van der Waals surface area contributed by atoms with E-state index in [-0.39, 0.29) is 65.0 Å². The molecule has 1 fully saturated rings. The number of likely N-dealkylation sites (N-methyl/N-ethyl adjacent to an activating group) is 1. The smallest absolute Gasteiger partial charge is 0.868 e. The number of aromatic nitrogens is 1. The van der Waals surface area contributed by atoms with Gasteiger partial charge in [-0.1, -0.05) is 23.7 Å². The van der Waals surface area contributed by atoms with Crippen LogP contribution in [0.2, 0.25) is 5.02 Å². The quantitative estimate of drug-likeness (QED) is 0.529. The van der Waals surface area contributed by atoms with Crippen molar-refractivity contribution in [2.75, 3.05) is 13.7 Å². The second-order valence-electron chi connectivity index (χ2n) is 8.11. The van der Waals surface area contributed by atoms with Gasteiger partial charge in [0.2, 0.25) is 0 Å². The molecule has 1 saturated carbocycles. The summed E-state index contributed by atoms with van der Waals surface area (Å²) >= 11 is 5.75. The molecule has 2 aromatic rings. The molecule has 33 heavy (non-hydrogen) atoms. The van der Waals surface area contributed by atoms with Crippen LogP contribution < -0.4 is 45.4 Å². The van der Waals surface area contributed by atoms with Gasteiger partial charge in [-0.3, -0.25) is 14.4 Å². The van der Waals surface area contributed by atoms with E-state index in [4.69, 9.17) is 16.3 Å². The largest absolute Gasteiger partial charge is 1.00 e. The Morgan fingerprint density at radius 2 is 2.06 bits per heavy atom. The first kappa shape index (κ1) is 25.7. The van der Waals surface area contributed by atoms with Crippen LogP contribution in [0.25, 0.3) is 0 Å². The molecule has 170 valence electrons. The Kier molecular flexibility index (Phi) is 7.60. The van der Waals surface area contributed by atoms with Crippen LogP contribution in [-0.2, 0) is 17.8 Å². The van der Waals surface area contributed by atoms with E-state index in [2.05, 4.69) is 5.32 Å². The summed E-state index contributed by atoms with van der Waals surface area (Å²) in [5, 5.41) is 15.1. The number of pyridine rings is 1. The number of rotatable bonds is 5. The Morgan fingerprint density at radius 3 is 2.70 bits per heavy atom. The van der Waals surface area contributed by atoms with Gasteiger partial charge in [0, 0.05) is 38.5 Å². The Labute approximate surface area is 217 Å². The number of nitrogens with zero attached hydrogens (tertiary/aromatic N) is 2. The maximum absolute atomic E-state index is 14.1. The second kappa shape index (κ2) is 9.76. The Hall–Kier alpha value is -1.91. The first-order valence-electron chi connectivity index (χ1n) is 10.2.